The molecule has 4 aromatic carbocycles. The fourth-order valence-corrected chi connectivity index (χ4v) is 5.03. The van der Waals surface area contributed by atoms with Gasteiger partial charge in [-0.25, -0.2) is 0 Å². The van der Waals surface area contributed by atoms with E-state index in [1.54, 1.807) is 12.1 Å². The fourth-order valence-electron chi connectivity index (χ4n) is 3.73. The maximum Gasteiger partial charge on any atom is 0.0773 e. The maximum absolute atomic E-state index is 6.74. The number of anilines is 2. The predicted molar refractivity (Wildman–Crippen MR) is 153 cm³/mol. The van der Waals surface area contributed by atoms with Gasteiger partial charge in [0.2, 0.25) is 0 Å². The lowest BCUT2D eigenvalue weighted by Gasteiger charge is -2.33. The van der Waals surface area contributed by atoms with E-state index in [1.165, 1.54) is 0 Å². The van der Waals surface area contributed by atoms with Crippen molar-refractivity contribution >= 4 is 83.0 Å². The molecule has 2 nitrogen and oxygen atoms in total. The van der Waals surface area contributed by atoms with Crippen LogP contribution in [-0.4, -0.2) is 0 Å². The van der Waals surface area contributed by atoms with E-state index in [-0.39, 0.29) is 0 Å². The Balaban J connectivity index is 1.93. The molecule has 0 aliphatic rings. The molecule has 2 unspecified atom stereocenters. The van der Waals surface area contributed by atoms with Gasteiger partial charge >= 0.3 is 0 Å². The molecule has 174 valence electrons. The van der Waals surface area contributed by atoms with Crippen LogP contribution in [0.25, 0.3) is 0 Å². The van der Waals surface area contributed by atoms with Gasteiger partial charge in [-0.3, -0.25) is 0 Å². The molecule has 2 atom stereocenters. The summed E-state index contributed by atoms with van der Waals surface area (Å²) in [5, 5.41) is 9.02. The average Bonchev–Trinajstić information content (AvgIpc) is 2.82. The van der Waals surface area contributed by atoms with Crippen LogP contribution >= 0.6 is 71.7 Å². The Labute approximate surface area is 230 Å². The van der Waals surface area contributed by atoms with Gasteiger partial charge in [0.1, 0.15) is 0 Å². The molecule has 0 saturated carbocycles. The molecule has 0 fully saturated rings. The first-order chi connectivity index (χ1) is 16.4. The number of thiol groups is 2. The number of benzene rings is 4. The normalized spacial score (nSPS) is 12.8. The van der Waals surface area contributed by atoms with Crippen LogP contribution in [0, 0.1) is 0 Å². The lowest BCUT2D eigenvalue weighted by molar-refractivity contribution is 0.647. The lowest BCUT2D eigenvalue weighted by atomic mass is 9.92. The molecular weight excluding hydrogens is 546 g/mol. The molecule has 0 amide bonds. The smallest absolute Gasteiger partial charge is 0.0773 e. The van der Waals surface area contributed by atoms with Crippen molar-refractivity contribution < 1.29 is 0 Å². The summed E-state index contributed by atoms with van der Waals surface area (Å²) in [6.45, 7) is 0. The SMILES string of the molecule is Sc1ccccc1NC(c1cccc(Cl)c1Cl)C(Nc1ccccc1S)c1cccc(Cl)c1Cl. The van der Waals surface area contributed by atoms with Gasteiger partial charge in [-0.15, -0.1) is 25.3 Å². The van der Waals surface area contributed by atoms with Gasteiger partial charge in [-0.05, 0) is 47.5 Å². The van der Waals surface area contributed by atoms with E-state index in [4.69, 9.17) is 46.4 Å². The fraction of sp³-hybridized carbons (Fsp3) is 0.0769. The van der Waals surface area contributed by atoms with E-state index < -0.39 is 12.1 Å². The third-order valence-corrected chi connectivity index (χ3v) is 7.84. The van der Waals surface area contributed by atoms with Crippen LogP contribution in [0.5, 0.6) is 0 Å². The second-order valence-electron chi connectivity index (χ2n) is 7.56. The molecule has 4 rings (SSSR count). The number of hydrogen-bond donors (Lipinski definition) is 4. The number of nitrogens with one attached hydrogen (secondary N) is 2. The van der Waals surface area contributed by atoms with Gasteiger partial charge < -0.3 is 10.6 Å². The number of para-hydroxylation sites is 2. The number of hydrogen-bond acceptors (Lipinski definition) is 4. The third-order valence-electron chi connectivity index (χ3n) is 5.40. The van der Waals surface area contributed by atoms with E-state index in [0.717, 1.165) is 32.3 Å². The molecular formula is C26H20Cl4N2S2. The zero-order valence-electron chi connectivity index (χ0n) is 17.6. The van der Waals surface area contributed by atoms with Crippen molar-refractivity contribution in [2.45, 2.75) is 21.9 Å². The summed E-state index contributed by atoms with van der Waals surface area (Å²) in [4.78, 5) is 1.58. The predicted octanol–water partition coefficient (Wildman–Crippen LogP) is 9.88. The first-order valence-electron chi connectivity index (χ1n) is 10.3. The third kappa shape index (κ3) is 5.59. The van der Waals surface area contributed by atoms with Crippen LogP contribution in [0.3, 0.4) is 0 Å². The quantitative estimate of drug-likeness (QED) is 0.168. The second-order valence-corrected chi connectivity index (χ2v) is 10.1. The van der Waals surface area contributed by atoms with Crippen LogP contribution in [0.1, 0.15) is 23.2 Å². The first kappa shape index (κ1) is 25.4. The van der Waals surface area contributed by atoms with Gasteiger partial charge in [0, 0.05) is 21.2 Å². The van der Waals surface area contributed by atoms with Crippen LogP contribution in [0.15, 0.2) is 94.7 Å². The zero-order valence-corrected chi connectivity index (χ0v) is 22.5. The van der Waals surface area contributed by atoms with Crippen molar-refractivity contribution in [3.63, 3.8) is 0 Å². The molecule has 0 spiro atoms. The Hall–Kier alpha value is -1.66. The molecule has 0 aliphatic heterocycles. The first-order valence-corrected chi connectivity index (χ1v) is 12.7. The average molecular weight is 566 g/mol. The van der Waals surface area contributed by atoms with Crippen LogP contribution in [0.2, 0.25) is 20.1 Å². The largest absolute Gasteiger partial charge is 0.375 e. The minimum Gasteiger partial charge on any atom is -0.375 e. The van der Waals surface area contributed by atoms with E-state index >= 15 is 0 Å². The molecule has 0 heterocycles. The van der Waals surface area contributed by atoms with E-state index in [9.17, 15) is 0 Å². The van der Waals surface area contributed by atoms with Crippen molar-refractivity contribution in [2.75, 3.05) is 10.6 Å². The molecule has 4 aromatic rings. The highest BCUT2D eigenvalue weighted by Crippen LogP contribution is 2.44. The van der Waals surface area contributed by atoms with Crippen molar-refractivity contribution in [1.82, 2.24) is 0 Å². The van der Waals surface area contributed by atoms with Gasteiger partial charge in [0.15, 0.2) is 0 Å². The van der Waals surface area contributed by atoms with E-state index in [1.807, 2.05) is 72.8 Å². The van der Waals surface area contributed by atoms with Crippen molar-refractivity contribution in [3.05, 3.63) is 116 Å². The molecule has 2 N–H and O–H groups in total. The summed E-state index contributed by atoms with van der Waals surface area (Å²) >= 11 is 35.6. The Kier molecular flexibility index (Phi) is 8.52. The molecule has 0 aromatic heterocycles. The molecule has 0 saturated heterocycles. The van der Waals surface area contributed by atoms with Crippen molar-refractivity contribution in [3.8, 4) is 0 Å². The lowest BCUT2D eigenvalue weighted by Crippen LogP contribution is -2.26. The minimum absolute atomic E-state index is 0.414. The van der Waals surface area contributed by atoms with Gasteiger partial charge in [0.05, 0.1) is 32.2 Å². The minimum atomic E-state index is -0.414. The highest BCUT2D eigenvalue weighted by Gasteiger charge is 2.30. The summed E-state index contributed by atoms with van der Waals surface area (Å²) in [5.74, 6) is 0. The Morgan fingerprint density at radius 1 is 0.500 bits per heavy atom. The highest BCUT2D eigenvalue weighted by atomic mass is 35.5. The summed E-state index contributed by atoms with van der Waals surface area (Å²) < 4.78 is 0. The Bertz CT molecular complexity index is 1210. The topological polar surface area (TPSA) is 24.1 Å². The van der Waals surface area contributed by atoms with Crippen molar-refractivity contribution in [2.24, 2.45) is 0 Å². The molecule has 34 heavy (non-hydrogen) atoms. The van der Waals surface area contributed by atoms with E-state index in [2.05, 4.69) is 35.9 Å². The monoisotopic (exact) mass is 564 g/mol. The van der Waals surface area contributed by atoms with Crippen molar-refractivity contribution in [1.29, 1.82) is 0 Å². The van der Waals surface area contributed by atoms with Crippen LogP contribution < -0.4 is 10.6 Å². The van der Waals surface area contributed by atoms with Gasteiger partial charge in [-0.1, -0.05) is 94.9 Å². The van der Waals surface area contributed by atoms with Gasteiger partial charge in [-0.2, -0.15) is 0 Å². The summed E-state index contributed by atoms with van der Waals surface area (Å²) in [6.07, 6.45) is 0. The summed E-state index contributed by atoms with van der Waals surface area (Å²) in [5.41, 5.74) is 3.24. The highest BCUT2D eigenvalue weighted by molar-refractivity contribution is 7.80. The van der Waals surface area contributed by atoms with Gasteiger partial charge in [0.25, 0.3) is 0 Å². The maximum atomic E-state index is 6.74. The Morgan fingerprint density at radius 2 is 0.882 bits per heavy atom. The standard InChI is InChI=1S/C26H20Cl4N2S2/c27-17-9-5-7-15(23(17)29)25(31-19-11-1-3-13-21(19)33)26(16-8-6-10-18(28)24(16)30)32-20-12-2-4-14-22(20)34/h1-14,25-26,31-34H. The van der Waals surface area contributed by atoms with Crippen LogP contribution in [0.4, 0.5) is 11.4 Å². The number of halogens is 4. The molecule has 8 heteroatoms. The van der Waals surface area contributed by atoms with E-state index in [0.29, 0.717) is 20.1 Å². The van der Waals surface area contributed by atoms with Crippen LogP contribution in [-0.2, 0) is 0 Å². The molecule has 0 radical (unpaired) electrons. The summed E-state index contributed by atoms with van der Waals surface area (Å²) in [7, 11) is 0. The number of rotatable bonds is 7. The zero-order chi connectivity index (χ0) is 24.2. The molecule has 0 bridgehead atoms. The Morgan fingerprint density at radius 3 is 1.26 bits per heavy atom. The second kappa shape index (κ2) is 11.4. The molecule has 0 aliphatic carbocycles. The summed E-state index contributed by atoms with van der Waals surface area (Å²) in [6, 6.07) is 25.8.